The van der Waals surface area contributed by atoms with Crippen molar-refractivity contribution in [2.45, 2.75) is 26.2 Å². The molecule has 0 fully saturated rings. The van der Waals surface area contributed by atoms with Gasteiger partial charge in [-0.05, 0) is 50.7 Å². The van der Waals surface area contributed by atoms with Crippen molar-refractivity contribution in [2.75, 3.05) is 32.5 Å². The molecule has 1 heterocycles. The number of benzene rings is 1. The minimum atomic E-state index is -0.195. The van der Waals surface area contributed by atoms with Crippen molar-refractivity contribution in [3.05, 3.63) is 47.9 Å². The maximum atomic E-state index is 12.0. The smallest absolute Gasteiger partial charge is 0.271 e. The highest BCUT2D eigenvalue weighted by atomic mass is 16.1. The largest absolute Gasteiger partial charge is 0.351 e. The third kappa shape index (κ3) is 6.15. The van der Waals surface area contributed by atoms with Crippen LogP contribution in [0.15, 0.2) is 36.7 Å². The SMILES string of the molecule is CC(C)c1ccc(Nc2cnc(C(=O)NCCCN(C)C)cn2)cc1. The zero-order valence-corrected chi connectivity index (χ0v) is 15.4. The van der Waals surface area contributed by atoms with Crippen LogP contribution >= 0.6 is 0 Å². The molecule has 0 saturated carbocycles. The van der Waals surface area contributed by atoms with Crippen molar-refractivity contribution >= 4 is 17.4 Å². The van der Waals surface area contributed by atoms with E-state index in [1.807, 2.05) is 26.2 Å². The fourth-order valence-electron chi connectivity index (χ4n) is 2.30. The molecule has 0 atom stereocenters. The van der Waals surface area contributed by atoms with E-state index >= 15 is 0 Å². The standard InChI is InChI=1S/C19H27N5O/c1-14(2)15-6-8-16(9-7-15)23-18-13-21-17(12-22-18)19(25)20-10-5-11-24(3)4/h6-9,12-14H,5,10-11H2,1-4H3,(H,20,25)(H,22,23). The van der Waals surface area contributed by atoms with Gasteiger partial charge in [0, 0.05) is 12.2 Å². The van der Waals surface area contributed by atoms with Gasteiger partial charge in [-0.3, -0.25) is 4.79 Å². The first-order chi connectivity index (χ1) is 12.0. The van der Waals surface area contributed by atoms with E-state index in [1.54, 1.807) is 6.20 Å². The van der Waals surface area contributed by atoms with Crippen molar-refractivity contribution in [3.63, 3.8) is 0 Å². The molecule has 2 N–H and O–H groups in total. The van der Waals surface area contributed by atoms with E-state index in [-0.39, 0.29) is 5.91 Å². The maximum Gasteiger partial charge on any atom is 0.271 e. The number of hydrogen-bond donors (Lipinski definition) is 2. The van der Waals surface area contributed by atoms with E-state index < -0.39 is 0 Å². The second-order valence-corrected chi connectivity index (χ2v) is 6.60. The van der Waals surface area contributed by atoms with Gasteiger partial charge in [-0.2, -0.15) is 0 Å². The fraction of sp³-hybridized carbons (Fsp3) is 0.421. The van der Waals surface area contributed by atoms with Crippen molar-refractivity contribution in [3.8, 4) is 0 Å². The average molecular weight is 341 g/mol. The summed E-state index contributed by atoms with van der Waals surface area (Å²) < 4.78 is 0. The number of rotatable bonds is 8. The van der Waals surface area contributed by atoms with E-state index in [1.165, 1.54) is 11.8 Å². The Kier molecular flexibility index (Phi) is 6.89. The predicted octanol–water partition coefficient (Wildman–Crippen LogP) is 3.03. The summed E-state index contributed by atoms with van der Waals surface area (Å²) in [7, 11) is 4.02. The van der Waals surface area contributed by atoms with Gasteiger partial charge in [0.05, 0.1) is 12.4 Å². The summed E-state index contributed by atoms with van der Waals surface area (Å²) in [6.07, 6.45) is 3.97. The maximum absolute atomic E-state index is 12.0. The van der Waals surface area contributed by atoms with Gasteiger partial charge < -0.3 is 15.5 Å². The summed E-state index contributed by atoms with van der Waals surface area (Å²) in [5.41, 5.74) is 2.56. The summed E-state index contributed by atoms with van der Waals surface area (Å²) in [6, 6.07) is 8.22. The summed E-state index contributed by atoms with van der Waals surface area (Å²) in [5.74, 6) is 0.921. The Bertz CT molecular complexity index is 665. The molecule has 2 rings (SSSR count). The Balaban J connectivity index is 1.87. The van der Waals surface area contributed by atoms with Crippen molar-refractivity contribution < 1.29 is 4.79 Å². The predicted molar refractivity (Wildman–Crippen MR) is 101 cm³/mol. The molecule has 0 aliphatic heterocycles. The van der Waals surface area contributed by atoms with Gasteiger partial charge in [0.25, 0.3) is 5.91 Å². The molecule has 2 aromatic rings. The highest BCUT2D eigenvalue weighted by Crippen LogP contribution is 2.19. The van der Waals surface area contributed by atoms with Gasteiger partial charge in [-0.25, -0.2) is 9.97 Å². The number of anilines is 2. The summed E-state index contributed by atoms with van der Waals surface area (Å²) in [4.78, 5) is 22.5. The molecule has 25 heavy (non-hydrogen) atoms. The molecular formula is C19H27N5O. The summed E-state index contributed by atoms with van der Waals surface area (Å²) in [6.45, 7) is 5.89. The Hall–Kier alpha value is -2.47. The Morgan fingerprint density at radius 2 is 1.84 bits per heavy atom. The first-order valence-corrected chi connectivity index (χ1v) is 8.57. The zero-order chi connectivity index (χ0) is 18.2. The van der Waals surface area contributed by atoms with Gasteiger partial charge >= 0.3 is 0 Å². The minimum absolute atomic E-state index is 0.195. The highest BCUT2D eigenvalue weighted by molar-refractivity contribution is 5.92. The average Bonchev–Trinajstić information content (AvgIpc) is 2.59. The number of nitrogens with one attached hydrogen (secondary N) is 2. The first-order valence-electron chi connectivity index (χ1n) is 8.57. The fourth-order valence-corrected chi connectivity index (χ4v) is 2.30. The summed E-state index contributed by atoms with van der Waals surface area (Å²) in [5, 5.41) is 6.04. The lowest BCUT2D eigenvalue weighted by Crippen LogP contribution is -2.27. The minimum Gasteiger partial charge on any atom is -0.351 e. The molecule has 0 bridgehead atoms. The lowest BCUT2D eigenvalue weighted by molar-refractivity contribution is 0.0947. The number of nitrogens with zero attached hydrogens (tertiary/aromatic N) is 3. The third-order valence-electron chi connectivity index (χ3n) is 3.80. The number of carbonyl (C=O) groups excluding carboxylic acids is 1. The second kappa shape index (κ2) is 9.13. The van der Waals surface area contributed by atoms with Crippen LogP contribution in [-0.4, -0.2) is 48.0 Å². The van der Waals surface area contributed by atoms with Crippen LogP contribution in [0.4, 0.5) is 11.5 Å². The van der Waals surface area contributed by atoms with Gasteiger partial charge in [-0.15, -0.1) is 0 Å². The van der Waals surface area contributed by atoms with E-state index in [0.717, 1.165) is 18.7 Å². The van der Waals surface area contributed by atoms with E-state index in [2.05, 4.69) is 51.5 Å². The van der Waals surface area contributed by atoms with Crippen LogP contribution < -0.4 is 10.6 Å². The molecule has 1 aromatic heterocycles. The number of hydrogen-bond acceptors (Lipinski definition) is 5. The van der Waals surface area contributed by atoms with E-state index in [9.17, 15) is 4.79 Å². The second-order valence-electron chi connectivity index (χ2n) is 6.60. The van der Waals surface area contributed by atoms with Gasteiger partial charge in [0.15, 0.2) is 0 Å². The molecule has 1 amide bonds. The summed E-state index contributed by atoms with van der Waals surface area (Å²) >= 11 is 0. The molecule has 6 heteroatoms. The van der Waals surface area contributed by atoms with Crippen LogP contribution in [0.5, 0.6) is 0 Å². The monoisotopic (exact) mass is 341 g/mol. The number of carbonyl (C=O) groups is 1. The molecule has 0 saturated heterocycles. The van der Waals surface area contributed by atoms with Crippen LogP contribution in [0.3, 0.4) is 0 Å². The lowest BCUT2D eigenvalue weighted by Gasteiger charge is -2.10. The van der Waals surface area contributed by atoms with Crippen LogP contribution in [0.2, 0.25) is 0 Å². The molecule has 1 aromatic carbocycles. The van der Waals surface area contributed by atoms with Gasteiger partial charge in [-0.1, -0.05) is 26.0 Å². The Morgan fingerprint density at radius 3 is 2.40 bits per heavy atom. The highest BCUT2D eigenvalue weighted by Gasteiger charge is 2.07. The normalized spacial score (nSPS) is 11.0. The zero-order valence-electron chi connectivity index (χ0n) is 15.4. The van der Waals surface area contributed by atoms with Crippen LogP contribution in [0.25, 0.3) is 0 Å². The number of amides is 1. The van der Waals surface area contributed by atoms with Crippen LogP contribution in [-0.2, 0) is 0 Å². The first kappa shape index (κ1) is 18.9. The molecule has 6 nitrogen and oxygen atoms in total. The molecule has 0 radical (unpaired) electrons. The molecular weight excluding hydrogens is 314 g/mol. The quantitative estimate of drug-likeness (QED) is 0.722. The Labute approximate surface area is 149 Å². The Morgan fingerprint density at radius 1 is 1.12 bits per heavy atom. The molecule has 0 aliphatic rings. The van der Waals surface area contributed by atoms with Crippen molar-refractivity contribution in [1.82, 2.24) is 20.2 Å². The van der Waals surface area contributed by atoms with E-state index in [4.69, 9.17) is 0 Å². The van der Waals surface area contributed by atoms with E-state index in [0.29, 0.717) is 24.0 Å². The molecule has 134 valence electrons. The van der Waals surface area contributed by atoms with Crippen LogP contribution in [0, 0.1) is 0 Å². The van der Waals surface area contributed by atoms with Crippen LogP contribution in [0.1, 0.15) is 42.2 Å². The lowest BCUT2D eigenvalue weighted by atomic mass is 10.0. The molecule has 0 unspecified atom stereocenters. The molecule has 0 spiro atoms. The number of aromatic nitrogens is 2. The van der Waals surface area contributed by atoms with Gasteiger partial charge in [0.2, 0.25) is 0 Å². The van der Waals surface area contributed by atoms with Crippen molar-refractivity contribution in [2.24, 2.45) is 0 Å². The molecule has 0 aliphatic carbocycles. The third-order valence-corrected chi connectivity index (χ3v) is 3.80. The van der Waals surface area contributed by atoms with Crippen molar-refractivity contribution in [1.29, 1.82) is 0 Å². The topological polar surface area (TPSA) is 70.2 Å². The van der Waals surface area contributed by atoms with Gasteiger partial charge in [0.1, 0.15) is 11.5 Å².